The van der Waals surface area contributed by atoms with Gasteiger partial charge in [-0.05, 0) is 0 Å². The molecule has 0 unspecified atom stereocenters. The van der Waals surface area contributed by atoms with Gasteiger partial charge < -0.3 is 0 Å². The minimum absolute atomic E-state index is 1.62. The summed E-state index contributed by atoms with van der Waals surface area (Å²) in [5, 5.41) is -4.09. The first-order valence-electron chi connectivity index (χ1n) is 0.894. The van der Waals surface area contributed by atoms with Crippen LogP contribution in [-0.2, 0) is 14.2 Å². The molecule has 0 nitrogen and oxygen atoms in total. The first kappa shape index (κ1) is 6.83. The summed E-state index contributed by atoms with van der Waals surface area (Å²) in [5.74, 6) is 0. The van der Waals surface area contributed by atoms with E-state index in [-0.39, 0.29) is 0 Å². The van der Waals surface area contributed by atoms with Gasteiger partial charge in [0.25, 0.3) is 0 Å². The van der Waals surface area contributed by atoms with Gasteiger partial charge in [-0.3, -0.25) is 0 Å². The maximum atomic E-state index is 10.7. The SMILES string of the molecule is FC(F)(F)[Se][Cu]. The summed E-state index contributed by atoms with van der Waals surface area (Å²) in [5.41, 5.74) is 0. The zero-order valence-corrected chi connectivity index (χ0v) is 5.00. The van der Waals surface area contributed by atoms with Crippen molar-refractivity contribution in [2.75, 3.05) is 0 Å². The molecule has 6 heavy (non-hydrogen) atoms. The van der Waals surface area contributed by atoms with Crippen molar-refractivity contribution in [2.45, 2.75) is 5.07 Å². The van der Waals surface area contributed by atoms with Crippen molar-refractivity contribution in [3.8, 4) is 0 Å². The van der Waals surface area contributed by atoms with E-state index in [1.807, 2.05) is 0 Å². The Labute approximate surface area is 46.0 Å². The van der Waals surface area contributed by atoms with Crippen LogP contribution in [0.2, 0.25) is 0 Å². The van der Waals surface area contributed by atoms with E-state index in [0.29, 0.717) is 0 Å². The number of hydrogen-bond donors (Lipinski definition) is 0. The third-order valence-corrected chi connectivity index (χ3v) is 1.50. The molecule has 0 atom stereocenters. The van der Waals surface area contributed by atoms with Crippen LogP contribution >= 0.6 is 0 Å². The van der Waals surface area contributed by atoms with Crippen LogP contribution in [0.5, 0.6) is 0 Å². The van der Waals surface area contributed by atoms with E-state index in [1.165, 1.54) is 0 Å². The molecule has 0 aliphatic heterocycles. The van der Waals surface area contributed by atoms with E-state index in [0.717, 1.165) is 0 Å². The Morgan fingerprint density at radius 1 is 1.33 bits per heavy atom. The van der Waals surface area contributed by atoms with Gasteiger partial charge >= 0.3 is 45.6 Å². The predicted octanol–water partition coefficient (Wildman–Crippen LogP) is 0.672. The zero-order chi connectivity index (χ0) is 5.21. The second-order valence-corrected chi connectivity index (χ2v) is 2.74. The van der Waals surface area contributed by atoms with Gasteiger partial charge in [0.2, 0.25) is 0 Å². The molecular formula is CCuF3Se. The van der Waals surface area contributed by atoms with E-state index in [2.05, 4.69) is 14.2 Å². The Balaban J connectivity index is 3.17. The molecule has 0 amide bonds. The number of alkyl halides is 3. The van der Waals surface area contributed by atoms with Crippen molar-refractivity contribution in [1.82, 2.24) is 0 Å². The van der Waals surface area contributed by atoms with Gasteiger partial charge in [-0.1, -0.05) is 0 Å². The van der Waals surface area contributed by atoms with Crippen LogP contribution in [0.15, 0.2) is 0 Å². The number of hydrogen-bond acceptors (Lipinski definition) is 0. The molecule has 0 N–H and O–H groups in total. The standard InChI is InChI=1S/CHF3Se.Cu/c2-1(3,4)5;/h5H;/q;+1/p-1. The predicted molar refractivity (Wildman–Crippen MR) is 11.8 cm³/mol. The van der Waals surface area contributed by atoms with Crippen molar-refractivity contribution < 1.29 is 27.4 Å². The normalized spacial score (nSPS) is 12.2. The van der Waals surface area contributed by atoms with Gasteiger partial charge in [-0.2, -0.15) is 0 Å². The fourth-order valence-corrected chi connectivity index (χ4v) is 0. The van der Waals surface area contributed by atoms with Crippen molar-refractivity contribution in [1.29, 1.82) is 0 Å². The molecule has 0 saturated carbocycles. The van der Waals surface area contributed by atoms with Crippen molar-refractivity contribution in [3.05, 3.63) is 0 Å². The van der Waals surface area contributed by atoms with Crippen LogP contribution in [0.4, 0.5) is 13.2 Å². The summed E-state index contributed by atoms with van der Waals surface area (Å²) in [7, 11) is 0. The van der Waals surface area contributed by atoms with Gasteiger partial charge in [-0.15, -0.1) is 0 Å². The van der Waals surface area contributed by atoms with Crippen molar-refractivity contribution in [2.24, 2.45) is 0 Å². The Hall–Kier alpha value is 0.829. The number of rotatable bonds is 0. The quantitative estimate of drug-likeness (QED) is 0.517. The van der Waals surface area contributed by atoms with E-state index >= 15 is 0 Å². The third kappa shape index (κ3) is 4.83. The third-order valence-electron chi connectivity index (χ3n) is 0.0698. The van der Waals surface area contributed by atoms with Gasteiger partial charge in [0.05, 0.1) is 0 Å². The Morgan fingerprint density at radius 2 is 1.50 bits per heavy atom. The van der Waals surface area contributed by atoms with Crippen LogP contribution in [0, 0.1) is 0 Å². The molecule has 0 spiro atoms. The monoisotopic (exact) mass is 212 g/mol. The first-order chi connectivity index (χ1) is 2.56. The van der Waals surface area contributed by atoms with Gasteiger partial charge in [0, 0.05) is 0 Å². The van der Waals surface area contributed by atoms with Gasteiger partial charge in [0.15, 0.2) is 0 Å². The Morgan fingerprint density at radius 3 is 1.50 bits per heavy atom. The molecule has 0 radical (unpaired) electrons. The fraction of sp³-hybridized carbons (Fsp3) is 1.00. The van der Waals surface area contributed by atoms with Gasteiger partial charge in [0.1, 0.15) is 0 Å². The molecule has 0 aromatic rings. The van der Waals surface area contributed by atoms with Crippen LogP contribution in [0.25, 0.3) is 0 Å². The van der Waals surface area contributed by atoms with E-state index in [1.54, 1.807) is 0 Å². The van der Waals surface area contributed by atoms with E-state index in [9.17, 15) is 13.2 Å². The molecule has 0 aliphatic carbocycles. The topological polar surface area (TPSA) is 0 Å². The van der Waals surface area contributed by atoms with E-state index in [4.69, 9.17) is 0 Å². The number of halogens is 3. The second kappa shape index (κ2) is 2.22. The molecule has 0 aromatic heterocycles. The minimum atomic E-state index is -4.09. The molecule has 0 saturated heterocycles. The summed E-state index contributed by atoms with van der Waals surface area (Å²) in [6.45, 7) is 0. The van der Waals surface area contributed by atoms with Gasteiger partial charge in [-0.25, -0.2) is 0 Å². The summed E-state index contributed by atoms with van der Waals surface area (Å²) in [4.78, 5) is 0. The van der Waals surface area contributed by atoms with Crippen LogP contribution in [0.3, 0.4) is 0 Å². The van der Waals surface area contributed by atoms with Crippen LogP contribution < -0.4 is 0 Å². The Bertz CT molecular complexity index is 40.5. The average Bonchev–Trinajstić information content (AvgIpc) is 1.35. The van der Waals surface area contributed by atoms with Crippen LogP contribution in [-0.4, -0.2) is 18.2 Å². The maximum absolute atomic E-state index is 10.7. The molecule has 0 aromatic carbocycles. The van der Waals surface area contributed by atoms with E-state index < -0.39 is 18.2 Å². The molecule has 0 rings (SSSR count). The summed E-state index contributed by atoms with van der Waals surface area (Å²) < 4.78 is 32.1. The average molecular weight is 212 g/mol. The summed E-state index contributed by atoms with van der Waals surface area (Å²) in [6, 6.07) is 0. The molecule has 0 bridgehead atoms. The molecule has 5 heteroatoms. The summed E-state index contributed by atoms with van der Waals surface area (Å²) >= 11 is 2.23. The zero-order valence-electron chi connectivity index (χ0n) is 2.34. The molecule has 0 fully saturated rings. The second-order valence-electron chi connectivity index (χ2n) is 0.507. The van der Waals surface area contributed by atoms with Crippen molar-refractivity contribution >= 4 is 13.1 Å². The molecule has 0 heterocycles. The first-order valence-corrected chi connectivity index (χ1v) is 4.26. The molecular weight excluding hydrogens is 212 g/mol. The Kier molecular flexibility index (Phi) is 2.52. The molecule has 42 valence electrons. The van der Waals surface area contributed by atoms with Crippen LogP contribution in [0.1, 0.15) is 0 Å². The van der Waals surface area contributed by atoms with Crippen molar-refractivity contribution in [3.63, 3.8) is 0 Å². The summed E-state index contributed by atoms with van der Waals surface area (Å²) in [6.07, 6.45) is 0. The fourth-order valence-electron chi connectivity index (χ4n) is 0. The molecule has 0 aliphatic rings.